The van der Waals surface area contributed by atoms with E-state index in [0.29, 0.717) is 0 Å². The first-order chi connectivity index (χ1) is 8.35. The molecule has 1 aliphatic heterocycles. The van der Waals surface area contributed by atoms with Gasteiger partial charge in [-0.25, -0.2) is 0 Å². The minimum atomic E-state index is 0.0997. The van der Waals surface area contributed by atoms with Gasteiger partial charge in [0.2, 0.25) is 0 Å². The summed E-state index contributed by atoms with van der Waals surface area (Å²) in [6.45, 7) is 7.70. The van der Waals surface area contributed by atoms with Gasteiger partial charge in [-0.2, -0.15) is 0 Å². The first-order valence-electron chi connectivity index (χ1n) is 6.32. The third-order valence-corrected chi connectivity index (χ3v) is 3.54. The van der Waals surface area contributed by atoms with Crippen LogP contribution in [0.1, 0.15) is 18.5 Å². The summed E-state index contributed by atoms with van der Waals surface area (Å²) in [6.07, 6.45) is 3.63. The zero-order chi connectivity index (χ0) is 12.1. The number of hydrogen-bond acceptors (Lipinski definition) is 4. The van der Waals surface area contributed by atoms with Crippen LogP contribution in [-0.2, 0) is 0 Å². The van der Waals surface area contributed by atoms with E-state index < -0.39 is 0 Å². The Morgan fingerprint density at radius 1 is 1.35 bits per heavy atom. The molecule has 0 saturated carbocycles. The Kier molecular flexibility index (Phi) is 4.48. The molecular formula is C13H21N3O. The molecule has 1 fully saturated rings. The zero-order valence-electron chi connectivity index (χ0n) is 10.4. The van der Waals surface area contributed by atoms with Crippen LogP contribution in [-0.4, -0.2) is 59.2 Å². The van der Waals surface area contributed by atoms with Crippen molar-refractivity contribution in [3.8, 4) is 0 Å². The normalized spacial score (nSPS) is 20.4. The van der Waals surface area contributed by atoms with Crippen molar-refractivity contribution in [3.63, 3.8) is 0 Å². The monoisotopic (exact) mass is 235 g/mol. The largest absolute Gasteiger partial charge is 0.394 e. The predicted octanol–water partition coefficient (Wildman–Crippen LogP) is 0.752. The summed E-state index contributed by atoms with van der Waals surface area (Å²) in [7, 11) is 0. The number of piperazine rings is 1. The van der Waals surface area contributed by atoms with Gasteiger partial charge in [0.05, 0.1) is 12.6 Å². The molecule has 1 unspecified atom stereocenters. The maximum Gasteiger partial charge on any atom is 0.0629 e. The van der Waals surface area contributed by atoms with Gasteiger partial charge >= 0.3 is 0 Å². The number of pyridine rings is 1. The first kappa shape index (κ1) is 12.5. The van der Waals surface area contributed by atoms with E-state index in [0.717, 1.165) is 38.3 Å². The second kappa shape index (κ2) is 6.10. The minimum Gasteiger partial charge on any atom is -0.394 e. The molecule has 1 atom stereocenters. The molecule has 1 N–H and O–H groups in total. The van der Waals surface area contributed by atoms with Gasteiger partial charge in [-0.15, -0.1) is 0 Å². The smallest absolute Gasteiger partial charge is 0.0629 e. The van der Waals surface area contributed by atoms with E-state index in [1.54, 1.807) is 6.20 Å². The van der Waals surface area contributed by atoms with Crippen molar-refractivity contribution in [1.82, 2.24) is 14.8 Å². The van der Waals surface area contributed by atoms with Crippen molar-refractivity contribution < 1.29 is 5.11 Å². The molecule has 94 valence electrons. The van der Waals surface area contributed by atoms with Crippen LogP contribution in [0, 0.1) is 0 Å². The molecule has 1 saturated heterocycles. The van der Waals surface area contributed by atoms with E-state index >= 15 is 0 Å². The molecule has 1 aliphatic rings. The van der Waals surface area contributed by atoms with Gasteiger partial charge in [-0.05, 0) is 18.2 Å². The molecule has 2 heterocycles. The van der Waals surface area contributed by atoms with Crippen LogP contribution in [0.4, 0.5) is 0 Å². The Labute approximate surface area is 103 Å². The highest BCUT2D eigenvalue weighted by Crippen LogP contribution is 2.20. The third-order valence-electron chi connectivity index (χ3n) is 3.54. The molecule has 1 aromatic rings. The number of aliphatic hydroxyl groups excluding tert-OH is 1. The Morgan fingerprint density at radius 2 is 2.12 bits per heavy atom. The van der Waals surface area contributed by atoms with Crippen LogP contribution in [0.3, 0.4) is 0 Å². The lowest BCUT2D eigenvalue weighted by Gasteiger charge is -2.38. The van der Waals surface area contributed by atoms with Gasteiger partial charge in [0.1, 0.15) is 0 Å². The Bertz CT molecular complexity index is 323. The number of aliphatic hydroxyl groups is 1. The van der Waals surface area contributed by atoms with E-state index in [9.17, 15) is 5.11 Å². The number of aromatic nitrogens is 1. The van der Waals surface area contributed by atoms with Gasteiger partial charge in [0.15, 0.2) is 0 Å². The van der Waals surface area contributed by atoms with Crippen molar-refractivity contribution in [3.05, 3.63) is 30.1 Å². The Hall–Kier alpha value is -0.970. The summed E-state index contributed by atoms with van der Waals surface area (Å²) >= 11 is 0. The van der Waals surface area contributed by atoms with E-state index in [2.05, 4.69) is 21.7 Å². The number of nitrogens with zero attached hydrogens (tertiary/aromatic N) is 3. The van der Waals surface area contributed by atoms with E-state index in [1.165, 1.54) is 0 Å². The van der Waals surface area contributed by atoms with Gasteiger partial charge < -0.3 is 10.0 Å². The fourth-order valence-corrected chi connectivity index (χ4v) is 2.40. The molecule has 0 bridgehead atoms. The molecular weight excluding hydrogens is 214 g/mol. The van der Waals surface area contributed by atoms with Gasteiger partial charge in [0.25, 0.3) is 0 Å². The van der Waals surface area contributed by atoms with Gasteiger partial charge in [-0.1, -0.05) is 13.0 Å². The molecule has 4 heteroatoms. The highest BCUT2D eigenvalue weighted by molar-refractivity contribution is 5.14. The second-order valence-corrected chi connectivity index (χ2v) is 4.45. The van der Waals surface area contributed by atoms with Crippen molar-refractivity contribution in [1.29, 1.82) is 0 Å². The maximum absolute atomic E-state index is 9.57. The fraction of sp³-hybridized carbons (Fsp3) is 0.615. The summed E-state index contributed by atoms with van der Waals surface area (Å²) in [6, 6.07) is 4.07. The van der Waals surface area contributed by atoms with E-state index in [1.807, 2.05) is 18.3 Å². The van der Waals surface area contributed by atoms with Crippen molar-refractivity contribution >= 4 is 0 Å². The second-order valence-electron chi connectivity index (χ2n) is 4.45. The molecule has 4 nitrogen and oxygen atoms in total. The van der Waals surface area contributed by atoms with Gasteiger partial charge in [0, 0.05) is 38.6 Å². The molecule has 0 aliphatic carbocycles. The highest BCUT2D eigenvalue weighted by atomic mass is 16.3. The molecule has 17 heavy (non-hydrogen) atoms. The lowest BCUT2D eigenvalue weighted by Crippen LogP contribution is -2.48. The zero-order valence-corrected chi connectivity index (χ0v) is 10.4. The van der Waals surface area contributed by atoms with Crippen LogP contribution < -0.4 is 0 Å². The Morgan fingerprint density at radius 3 is 2.65 bits per heavy atom. The van der Waals surface area contributed by atoms with Crippen molar-refractivity contribution in [2.45, 2.75) is 13.0 Å². The first-order valence-corrected chi connectivity index (χ1v) is 6.32. The molecule has 0 radical (unpaired) electrons. The van der Waals surface area contributed by atoms with Crippen LogP contribution in [0.5, 0.6) is 0 Å². The summed E-state index contributed by atoms with van der Waals surface area (Å²) in [5, 5.41) is 9.57. The number of likely N-dealkylation sites (N-methyl/N-ethyl adjacent to an activating group) is 1. The standard InChI is InChI=1S/C13H21N3O/c1-2-15-6-8-16(9-7-15)13(11-17)12-4-3-5-14-10-12/h3-5,10,13,17H,2,6-9,11H2,1H3. The van der Waals surface area contributed by atoms with Crippen molar-refractivity contribution in [2.24, 2.45) is 0 Å². The SMILES string of the molecule is CCN1CCN(C(CO)c2cccnc2)CC1. The summed E-state index contributed by atoms with van der Waals surface area (Å²) in [5.74, 6) is 0. The number of rotatable bonds is 4. The lowest BCUT2D eigenvalue weighted by molar-refractivity contribution is 0.0671. The molecule has 1 aromatic heterocycles. The third kappa shape index (κ3) is 3.03. The molecule has 2 rings (SSSR count). The summed E-state index contributed by atoms with van der Waals surface area (Å²) in [5.41, 5.74) is 1.11. The summed E-state index contributed by atoms with van der Waals surface area (Å²) < 4.78 is 0. The minimum absolute atomic E-state index is 0.0997. The maximum atomic E-state index is 9.57. The molecule has 0 amide bonds. The van der Waals surface area contributed by atoms with Crippen LogP contribution in [0.25, 0.3) is 0 Å². The van der Waals surface area contributed by atoms with Gasteiger partial charge in [-0.3, -0.25) is 9.88 Å². The highest BCUT2D eigenvalue weighted by Gasteiger charge is 2.23. The molecule has 0 spiro atoms. The van der Waals surface area contributed by atoms with E-state index in [-0.39, 0.29) is 12.6 Å². The average Bonchev–Trinajstić information content (AvgIpc) is 2.42. The molecule has 0 aromatic carbocycles. The van der Waals surface area contributed by atoms with Crippen LogP contribution in [0.15, 0.2) is 24.5 Å². The Balaban J connectivity index is 2.00. The topological polar surface area (TPSA) is 39.6 Å². The number of hydrogen-bond donors (Lipinski definition) is 1. The van der Waals surface area contributed by atoms with Crippen LogP contribution >= 0.6 is 0 Å². The average molecular weight is 235 g/mol. The fourth-order valence-electron chi connectivity index (χ4n) is 2.40. The van der Waals surface area contributed by atoms with E-state index in [4.69, 9.17) is 0 Å². The summed E-state index contributed by atoms with van der Waals surface area (Å²) in [4.78, 5) is 8.92. The van der Waals surface area contributed by atoms with Crippen LogP contribution in [0.2, 0.25) is 0 Å². The lowest BCUT2D eigenvalue weighted by atomic mass is 10.1. The van der Waals surface area contributed by atoms with Crippen molar-refractivity contribution in [2.75, 3.05) is 39.3 Å². The quantitative estimate of drug-likeness (QED) is 0.836. The predicted molar refractivity (Wildman–Crippen MR) is 67.8 cm³/mol.